The highest BCUT2D eigenvalue weighted by Crippen LogP contribution is 2.42. The van der Waals surface area contributed by atoms with Gasteiger partial charge in [-0.3, -0.25) is 0 Å². The Morgan fingerprint density at radius 3 is 2.91 bits per heavy atom. The molecule has 3 rings (SSSR count). The minimum Gasteiger partial charge on any atom is -0.507 e. The zero-order chi connectivity index (χ0) is 16.4. The molecule has 0 bridgehead atoms. The summed E-state index contributed by atoms with van der Waals surface area (Å²) >= 11 is 1.43. The zero-order valence-electron chi connectivity index (χ0n) is 12.6. The number of fused-ring (bicyclic) bond motifs is 1. The molecular weight excluding hydrogens is 316 g/mol. The van der Waals surface area contributed by atoms with Crippen molar-refractivity contribution in [1.29, 1.82) is 0 Å². The number of esters is 1. The van der Waals surface area contributed by atoms with Crippen LogP contribution in [-0.4, -0.2) is 17.7 Å². The van der Waals surface area contributed by atoms with Crippen LogP contribution >= 0.6 is 11.3 Å². The molecule has 0 saturated heterocycles. The molecule has 23 heavy (non-hydrogen) atoms. The van der Waals surface area contributed by atoms with Crippen molar-refractivity contribution in [3.8, 4) is 5.75 Å². The highest BCUT2D eigenvalue weighted by Gasteiger charge is 2.20. The number of aryl methyl sites for hydroxylation is 1. The molecule has 0 aliphatic rings. The highest BCUT2D eigenvalue weighted by molar-refractivity contribution is 7.19. The van der Waals surface area contributed by atoms with Crippen molar-refractivity contribution in [2.24, 2.45) is 10.2 Å². The topological polar surface area (TPSA) is 84.4 Å². The number of furan rings is 1. The predicted octanol–water partition coefficient (Wildman–Crippen LogP) is 5.10. The Kier molecular flexibility index (Phi) is 4.12. The molecule has 1 aromatic carbocycles. The van der Waals surface area contributed by atoms with Crippen LogP contribution in [0.1, 0.15) is 22.2 Å². The largest absolute Gasteiger partial charge is 0.507 e. The summed E-state index contributed by atoms with van der Waals surface area (Å²) in [7, 11) is 0. The smallest absolute Gasteiger partial charge is 0.340 e. The van der Waals surface area contributed by atoms with Crippen LogP contribution in [0.5, 0.6) is 5.75 Å². The summed E-state index contributed by atoms with van der Waals surface area (Å²) in [6.07, 6.45) is 1.49. The fraction of sp³-hybridized carbons (Fsp3) is 0.188. The van der Waals surface area contributed by atoms with E-state index < -0.39 is 5.97 Å². The number of nitrogens with zero attached hydrogens (tertiary/aromatic N) is 2. The number of rotatable bonds is 4. The van der Waals surface area contributed by atoms with E-state index in [0.717, 1.165) is 4.88 Å². The Labute approximate surface area is 136 Å². The van der Waals surface area contributed by atoms with Crippen molar-refractivity contribution < 1.29 is 19.1 Å². The SMILES string of the molecule is CCOC(=O)c1cc(O)c2cc(C)sc2c1N=Nc1ccco1. The monoisotopic (exact) mass is 330 g/mol. The Balaban J connectivity index is 2.20. The van der Waals surface area contributed by atoms with Crippen LogP contribution in [0, 0.1) is 6.92 Å². The third-order valence-corrected chi connectivity index (χ3v) is 4.19. The minimum atomic E-state index is -0.552. The first-order valence-electron chi connectivity index (χ1n) is 6.98. The van der Waals surface area contributed by atoms with Crippen molar-refractivity contribution in [3.05, 3.63) is 41.0 Å². The number of benzene rings is 1. The fourth-order valence-electron chi connectivity index (χ4n) is 2.18. The second-order valence-electron chi connectivity index (χ2n) is 4.76. The van der Waals surface area contributed by atoms with Crippen LogP contribution in [0.4, 0.5) is 11.6 Å². The molecule has 3 aromatic rings. The Hall–Kier alpha value is -2.67. The average Bonchev–Trinajstić information content (AvgIpc) is 3.15. The number of phenols is 1. The number of hydrogen-bond donors (Lipinski definition) is 1. The molecule has 0 amide bonds. The third-order valence-electron chi connectivity index (χ3n) is 3.13. The predicted molar refractivity (Wildman–Crippen MR) is 87.1 cm³/mol. The molecule has 1 N–H and O–H groups in total. The van der Waals surface area contributed by atoms with Gasteiger partial charge in [0.1, 0.15) is 11.4 Å². The van der Waals surface area contributed by atoms with Crippen LogP contribution in [-0.2, 0) is 4.74 Å². The molecule has 0 atom stereocenters. The van der Waals surface area contributed by atoms with Crippen molar-refractivity contribution in [2.45, 2.75) is 13.8 Å². The zero-order valence-corrected chi connectivity index (χ0v) is 13.4. The molecular formula is C16H14N2O4S. The standard InChI is InChI=1S/C16H14N2O4S/c1-3-21-16(20)11-8-12(19)10-7-9(2)23-15(10)14(11)18-17-13-5-4-6-22-13/h4-8,19H,3H2,1-2H3. The van der Waals surface area contributed by atoms with E-state index in [1.54, 1.807) is 19.1 Å². The van der Waals surface area contributed by atoms with Crippen LogP contribution in [0.15, 0.2) is 45.2 Å². The summed E-state index contributed by atoms with van der Waals surface area (Å²) in [6.45, 7) is 3.87. The van der Waals surface area contributed by atoms with Gasteiger partial charge in [-0.1, -0.05) is 0 Å². The third kappa shape index (κ3) is 2.95. The first-order valence-corrected chi connectivity index (χ1v) is 7.80. The molecule has 7 heteroatoms. The Morgan fingerprint density at radius 2 is 2.22 bits per heavy atom. The average molecular weight is 330 g/mol. The van der Waals surface area contributed by atoms with Crippen LogP contribution in [0.3, 0.4) is 0 Å². The van der Waals surface area contributed by atoms with Gasteiger partial charge in [0.25, 0.3) is 0 Å². The number of aromatic hydroxyl groups is 1. The lowest BCUT2D eigenvalue weighted by molar-refractivity contribution is 0.0527. The quantitative estimate of drug-likeness (QED) is 0.532. The maximum atomic E-state index is 12.2. The number of phenolic OH excluding ortho intramolecular Hbond substituents is 1. The van der Waals surface area contributed by atoms with Gasteiger partial charge in [-0.2, -0.15) is 0 Å². The van der Waals surface area contributed by atoms with Crippen LogP contribution in [0.2, 0.25) is 0 Å². The number of hydrogen-bond acceptors (Lipinski definition) is 7. The van der Waals surface area contributed by atoms with Crippen molar-refractivity contribution in [2.75, 3.05) is 6.61 Å². The van der Waals surface area contributed by atoms with Gasteiger partial charge >= 0.3 is 5.97 Å². The first kappa shape index (κ1) is 15.2. The lowest BCUT2D eigenvalue weighted by Gasteiger charge is -2.07. The Morgan fingerprint density at radius 1 is 1.39 bits per heavy atom. The molecule has 2 aromatic heterocycles. The van der Waals surface area contributed by atoms with E-state index in [1.165, 1.54) is 23.7 Å². The number of carbonyl (C=O) groups excluding carboxylic acids is 1. The maximum Gasteiger partial charge on any atom is 0.340 e. The van der Waals surface area contributed by atoms with Gasteiger partial charge in [0, 0.05) is 16.3 Å². The number of thiophene rings is 1. The summed E-state index contributed by atoms with van der Waals surface area (Å²) < 4.78 is 10.8. The van der Waals surface area contributed by atoms with Crippen molar-refractivity contribution in [1.82, 2.24) is 0 Å². The van der Waals surface area contributed by atoms with Gasteiger partial charge in [0.2, 0.25) is 5.88 Å². The van der Waals surface area contributed by atoms with Crippen molar-refractivity contribution in [3.63, 3.8) is 0 Å². The fourth-order valence-corrected chi connectivity index (χ4v) is 3.19. The van der Waals surface area contributed by atoms with Gasteiger partial charge in [-0.25, -0.2) is 4.79 Å². The summed E-state index contributed by atoms with van der Waals surface area (Å²) in [6, 6.07) is 6.56. The molecule has 0 spiro atoms. The Bertz CT molecular complexity index is 881. The molecule has 2 heterocycles. The van der Waals surface area contributed by atoms with E-state index in [-0.39, 0.29) is 17.9 Å². The lowest BCUT2D eigenvalue weighted by atomic mass is 10.1. The van der Waals surface area contributed by atoms with Crippen molar-refractivity contribution >= 4 is 39.0 Å². The van der Waals surface area contributed by atoms with E-state index in [2.05, 4.69) is 10.2 Å². The van der Waals surface area contributed by atoms with Crippen LogP contribution < -0.4 is 0 Å². The van der Waals surface area contributed by atoms with Gasteiger partial charge in [0.05, 0.1) is 23.1 Å². The summed E-state index contributed by atoms with van der Waals surface area (Å²) in [5.41, 5.74) is 0.541. The summed E-state index contributed by atoms with van der Waals surface area (Å²) in [4.78, 5) is 13.2. The highest BCUT2D eigenvalue weighted by atomic mass is 32.1. The number of ether oxygens (including phenoxy) is 1. The second kappa shape index (κ2) is 6.21. The number of azo groups is 1. The van der Waals surface area contributed by atoms with E-state index in [1.807, 2.05) is 13.0 Å². The molecule has 118 valence electrons. The summed E-state index contributed by atoms with van der Waals surface area (Å²) in [5, 5.41) is 19.0. The van der Waals surface area contributed by atoms with Gasteiger partial charge in [0.15, 0.2) is 0 Å². The normalized spacial score (nSPS) is 11.4. The van der Waals surface area contributed by atoms with Crippen LogP contribution in [0.25, 0.3) is 10.1 Å². The molecule has 6 nitrogen and oxygen atoms in total. The van der Waals surface area contributed by atoms with E-state index in [9.17, 15) is 9.90 Å². The lowest BCUT2D eigenvalue weighted by Crippen LogP contribution is -2.04. The molecule has 0 aliphatic heterocycles. The van der Waals surface area contributed by atoms with Gasteiger partial charge < -0.3 is 14.3 Å². The first-order chi connectivity index (χ1) is 11.1. The molecule has 0 fully saturated rings. The molecule has 0 radical (unpaired) electrons. The van der Waals surface area contributed by atoms with E-state index in [0.29, 0.717) is 21.7 Å². The van der Waals surface area contributed by atoms with E-state index >= 15 is 0 Å². The minimum absolute atomic E-state index is 0.0179. The molecule has 0 saturated carbocycles. The molecule has 0 aliphatic carbocycles. The van der Waals surface area contributed by atoms with E-state index in [4.69, 9.17) is 9.15 Å². The summed E-state index contributed by atoms with van der Waals surface area (Å²) in [5.74, 6) is -0.206. The maximum absolute atomic E-state index is 12.2. The number of carbonyl (C=O) groups is 1. The second-order valence-corrected chi connectivity index (χ2v) is 6.02. The molecule has 0 unspecified atom stereocenters. The van der Waals surface area contributed by atoms with Gasteiger partial charge in [-0.05, 0) is 32.0 Å². The van der Waals surface area contributed by atoms with Gasteiger partial charge in [-0.15, -0.1) is 21.6 Å².